The van der Waals surface area contributed by atoms with Crippen LogP contribution in [0.2, 0.25) is 0 Å². The molecule has 0 saturated carbocycles. The number of rotatable bonds is 6. The van der Waals surface area contributed by atoms with Gasteiger partial charge in [-0.25, -0.2) is 5.01 Å². The Morgan fingerprint density at radius 1 is 0.971 bits per heavy atom. The molecule has 2 aromatic rings. The summed E-state index contributed by atoms with van der Waals surface area (Å²) in [6.45, 7) is 5.13. The Bertz CT molecular complexity index is 1280. The number of ketones is 1. The second kappa shape index (κ2) is 9.25. The molecule has 1 aliphatic carbocycles. The lowest BCUT2D eigenvalue weighted by Gasteiger charge is -2.30. The van der Waals surface area contributed by atoms with E-state index in [-0.39, 0.29) is 11.3 Å². The van der Waals surface area contributed by atoms with Gasteiger partial charge in [-0.3, -0.25) is 29.3 Å². The summed E-state index contributed by atoms with van der Waals surface area (Å²) in [7, 11) is 0. The molecule has 1 saturated heterocycles. The molecule has 0 aromatic heterocycles. The lowest BCUT2D eigenvalue weighted by Crippen LogP contribution is -2.52. The Morgan fingerprint density at radius 2 is 1.60 bits per heavy atom. The van der Waals surface area contributed by atoms with Crippen LogP contribution in [0.15, 0.2) is 54.1 Å². The van der Waals surface area contributed by atoms with Crippen molar-refractivity contribution >= 4 is 29.2 Å². The fourth-order valence-electron chi connectivity index (χ4n) is 4.51. The minimum atomic E-state index is -0.762. The Balaban J connectivity index is 1.70. The second-order valence-corrected chi connectivity index (χ2v) is 9.08. The number of amides is 3. The number of benzene rings is 2. The van der Waals surface area contributed by atoms with Crippen molar-refractivity contribution in [1.29, 1.82) is 0 Å². The van der Waals surface area contributed by atoms with Crippen molar-refractivity contribution in [1.82, 2.24) is 10.0 Å². The predicted molar refractivity (Wildman–Crippen MR) is 126 cm³/mol. The van der Waals surface area contributed by atoms with E-state index < -0.39 is 46.8 Å². The summed E-state index contributed by atoms with van der Waals surface area (Å²) in [5, 5.41) is 12.7. The lowest BCUT2D eigenvalue weighted by atomic mass is 9.82. The zero-order valence-electron chi connectivity index (χ0n) is 19.7. The highest BCUT2D eigenvalue weighted by Crippen LogP contribution is 2.38. The number of allylic oxidation sites excluding steroid dienone is 2. The van der Waals surface area contributed by atoms with Crippen LogP contribution in [-0.4, -0.2) is 45.0 Å². The van der Waals surface area contributed by atoms with Crippen molar-refractivity contribution in [2.45, 2.75) is 33.6 Å². The molecule has 2 aromatic carbocycles. The Hall–Kier alpha value is -4.14. The van der Waals surface area contributed by atoms with Crippen molar-refractivity contribution < 1.29 is 24.1 Å². The molecular formula is C26H25N3O6. The summed E-state index contributed by atoms with van der Waals surface area (Å²) in [5.41, 5.74) is 3.05. The number of hydrazine groups is 1. The van der Waals surface area contributed by atoms with Crippen LogP contribution in [0.3, 0.4) is 0 Å². The first-order chi connectivity index (χ1) is 16.6. The number of imide groups is 1. The van der Waals surface area contributed by atoms with E-state index in [9.17, 15) is 29.3 Å². The quantitative estimate of drug-likeness (QED) is 0.206. The first-order valence-corrected chi connectivity index (χ1v) is 11.3. The van der Waals surface area contributed by atoms with Gasteiger partial charge in [0.25, 0.3) is 23.4 Å². The molecule has 0 N–H and O–H groups in total. The third-order valence-electron chi connectivity index (χ3n) is 6.72. The van der Waals surface area contributed by atoms with Crippen molar-refractivity contribution in [2.24, 2.45) is 11.8 Å². The molecule has 1 aliphatic heterocycles. The van der Waals surface area contributed by atoms with Crippen molar-refractivity contribution in [2.75, 3.05) is 6.54 Å². The van der Waals surface area contributed by atoms with E-state index in [0.29, 0.717) is 18.4 Å². The average Bonchev–Trinajstić information content (AvgIpc) is 3.07. The molecule has 1 heterocycles. The maximum absolute atomic E-state index is 13.5. The van der Waals surface area contributed by atoms with Gasteiger partial charge < -0.3 is 0 Å². The number of hydrogen-bond acceptors (Lipinski definition) is 6. The summed E-state index contributed by atoms with van der Waals surface area (Å²) in [5.74, 6) is -3.41. The number of nitrogens with zero attached hydrogens (tertiary/aromatic N) is 3. The van der Waals surface area contributed by atoms with E-state index in [1.54, 1.807) is 18.2 Å². The number of non-ortho nitro benzene ring substituents is 1. The topological polar surface area (TPSA) is 118 Å². The monoisotopic (exact) mass is 475 g/mol. The Labute approximate surface area is 202 Å². The van der Waals surface area contributed by atoms with Crippen LogP contribution in [0, 0.1) is 35.8 Å². The number of carbonyl (C=O) groups is 4. The summed E-state index contributed by atoms with van der Waals surface area (Å²) >= 11 is 0. The smallest absolute Gasteiger partial charge is 0.273 e. The van der Waals surface area contributed by atoms with Crippen molar-refractivity contribution in [3.63, 3.8) is 0 Å². The van der Waals surface area contributed by atoms with Gasteiger partial charge in [0.15, 0.2) is 5.78 Å². The summed E-state index contributed by atoms with van der Waals surface area (Å²) < 4.78 is 0. The van der Waals surface area contributed by atoms with Gasteiger partial charge in [0.2, 0.25) is 0 Å². The summed E-state index contributed by atoms with van der Waals surface area (Å²) in [6.07, 6.45) is 2.72. The van der Waals surface area contributed by atoms with E-state index in [1.807, 2.05) is 26.8 Å². The number of fused-ring (bicyclic) bond motifs is 1. The van der Waals surface area contributed by atoms with Crippen molar-refractivity contribution in [3.8, 4) is 0 Å². The molecule has 2 atom stereocenters. The zero-order chi connectivity index (χ0) is 25.4. The third-order valence-corrected chi connectivity index (χ3v) is 6.72. The first kappa shape index (κ1) is 24.0. The van der Waals surface area contributed by atoms with Gasteiger partial charge >= 0.3 is 0 Å². The van der Waals surface area contributed by atoms with Crippen LogP contribution in [0.1, 0.15) is 51.6 Å². The number of Topliss-reactive ketones (excluding diaryl/α,β-unsaturated/α-hetero) is 1. The fraction of sp³-hybridized carbons (Fsp3) is 0.308. The maximum Gasteiger partial charge on any atom is 0.273 e. The number of carbonyl (C=O) groups excluding carboxylic acids is 4. The van der Waals surface area contributed by atoms with E-state index >= 15 is 0 Å². The van der Waals surface area contributed by atoms with E-state index in [0.717, 1.165) is 38.9 Å². The van der Waals surface area contributed by atoms with E-state index in [1.165, 1.54) is 12.1 Å². The van der Waals surface area contributed by atoms with Gasteiger partial charge in [0.05, 0.1) is 16.8 Å². The molecule has 4 rings (SSSR count). The van der Waals surface area contributed by atoms with Crippen LogP contribution in [0.25, 0.3) is 0 Å². The highest BCUT2D eigenvalue weighted by molar-refractivity contribution is 6.09. The molecule has 180 valence electrons. The molecule has 0 unspecified atom stereocenters. The molecule has 2 aliphatic rings. The van der Waals surface area contributed by atoms with Crippen molar-refractivity contribution in [3.05, 3.63) is 86.5 Å². The molecule has 9 nitrogen and oxygen atoms in total. The average molecular weight is 476 g/mol. The third kappa shape index (κ3) is 4.49. The van der Waals surface area contributed by atoms with E-state index in [4.69, 9.17) is 0 Å². The number of aryl methyl sites for hydroxylation is 2. The van der Waals surface area contributed by atoms with Gasteiger partial charge in [-0.15, -0.1) is 0 Å². The van der Waals surface area contributed by atoms with Gasteiger partial charge in [0.1, 0.15) is 6.54 Å². The number of nitro groups is 1. The zero-order valence-corrected chi connectivity index (χ0v) is 19.7. The molecule has 0 spiro atoms. The molecule has 35 heavy (non-hydrogen) atoms. The second-order valence-electron chi connectivity index (χ2n) is 9.08. The minimum absolute atomic E-state index is 0.0215. The van der Waals surface area contributed by atoms with Crippen LogP contribution < -0.4 is 0 Å². The fourth-order valence-corrected chi connectivity index (χ4v) is 4.51. The Morgan fingerprint density at radius 3 is 2.23 bits per heavy atom. The standard InChI is InChI=1S/C26H25N3O6/c1-15-4-11-21-22(12-15)26(33)28(25(21)32)27(14-23(30)19-6-5-16(2)17(3)13-19)24(31)18-7-9-20(10-8-18)29(34)35/h4-10,13,21-22H,11-12,14H2,1-3H3/t21-,22+/m0/s1. The SMILES string of the molecule is CC1=CC[C@@H]2C(=O)N(N(CC(=O)c3ccc(C)c(C)c3)C(=O)c3ccc([N+](=O)[O-])cc3)C(=O)[C@@H]2C1. The molecular weight excluding hydrogens is 450 g/mol. The van der Waals surface area contributed by atoms with Gasteiger partial charge in [-0.2, -0.15) is 5.01 Å². The van der Waals surface area contributed by atoms with Gasteiger partial charge in [-0.1, -0.05) is 23.8 Å². The Kier molecular flexibility index (Phi) is 6.34. The lowest BCUT2D eigenvalue weighted by molar-refractivity contribution is -0.384. The first-order valence-electron chi connectivity index (χ1n) is 11.3. The van der Waals surface area contributed by atoms with Crippen LogP contribution in [-0.2, 0) is 9.59 Å². The molecule has 3 amide bonds. The van der Waals surface area contributed by atoms with E-state index in [2.05, 4.69) is 0 Å². The normalized spacial score (nSPS) is 19.3. The largest absolute Gasteiger partial charge is 0.292 e. The van der Waals surface area contributed by atoms with Crippen LogP contribution in [0.4, 0.5) is 5.69 Å². The maximum atomic E-state index is 13.5. The van der Waals surface area contributed by atoms with Crippen LogP contribution >= 0.6 is 0 Å². The number of nitro benzene ring substituents is 1. The molecule has 1 fully saturated rings. The summed E-state index contributed by atoms with van der Waals surface area (Å²) in [6, 6.07) is 9.96. The van der Waals surface area contributed by atoms with Gasteiger partial charge in [0, 0.05) is 23.3 Å². The summed E-state index contributed by atoms with van der Waals surface area (Å²) in [4.78, 5) is 63.7. The molecule has 0 bridgehead atoms. The minimum Gasteiger partial charge on any atom is -0.292 e. The predicted octanol–water partition coefficient (Wildman–Crippen LogP) is 3.79. The molecule has 0 radical (unpaired) electrons. The highest BCUT2D eigenvalue weighted by atomic mass is 16.6. The molecule has 9 heteroatoms. The van der Waals surface area contributed by atoms with Crippen LogP contribution in [0.5, 0.6) is 0 Å². The van der Waals surface area contributed by atoms with Gasteiger partial charge in [-0.05, 0) is 62.9 Å². The highest BCUT2D eigenvalue weighted by Gasteiger charge is 2.51. The number of hydrogen-bond donors (Lipinski definition) is 0.